The number of sulfonamides is 1. The molecule has 3 heterocycles. The summed E-state index contributed by atoms with van der Waals surface area (Å²) in [5, 5.41) is 4.89. The Labute approximate surface area is 151 Å². The lowest BCUT2D eigenvalue weighted by atomic mass is 10.3. The third-order valence-corrected chi connectivity index (χ3v) is 7.73. The van der Waals surface area contributed by atoms with Gasteiger partial charge in [-0.25, -0.2) is 8.42 Å². The van der Waals surface area contributed by atoms with E-state index in [0.717, 1.165) is 24.6 Å². The van der Waals surface area contributed by atoms with Gasteiger partial charge in [-0.3, -0.25) is 4.79 Å². The van der Waals surface area contributed by atoms with Gasteiger partial charge in [-0.2, -0.15) is 16.1 Å². The average molecular weight is 398 g/mol. The van der Waals surface area contributed by atoms with E-state index in [1.165, 1.54) is 15.6 Å². The van der Waals surface area contributed by atoms with Crippen molar-refractivity contribution in [3.8, 4) is 0 Å². The van der Waals surface area contributed by atoms with Gasteiger partial charge >= 0.3 is 0 Å². The molecule has 1 N–H and O–H groups in total. The van der Waals surface area contributed by atoms with E-state index in [9.17, 15) is 13.2 Å². The number of hydrogen-bond acceptors (Lipinski definition) is 6. The monoisotopic (exact) mass is 397 g/mol. The Hall–Kier alpha value is -0.320. The molecule has 0 atom stereocenters. The lowest BCUT2D eigenvalue weighted by Crippen LogP contribution is -2.46. The van der Waals surface area contributed by atoms with Crippen molar-refractivity contribution in [2.75, 3.05) is 50.8 Å². The normalized spacial score (nSPS) is 20.1. The summed E-state index contributed by atoms with van der Waals surface area (Å²) in [7, 11) is -3.57. The molecular weight excluding hydrogens is 378 g/mol. The number of amides is 1. The molecule has 0 spiro atoms. The summed E-state index contributed by atoms with van der Waals surface area (Å²) in [6.45, 7) is 3.78. The van der Waals surface area contributed by atoms with Gasteiger partial charge in [0.2, 0.25) is 10.0 Å². The van der Waals surface area contributed by atoms with Gasteiger partial charge < -0.3 is 10.2 Å². The Morgan fingerprint density at radius 3 is 2.43 bits per heavy atom. The predicted molar refractivity (Wildman–Crippen MR) is 96.4 cm³/mol. The molecule has 130 valence electrons. The number of rotatable bonds is 3. The number of carbonyl (C=O) groups is 1. The topological polar surface area (TPSA) is 69.7 Å². The molecule has 0 saturated carbocycles. The van der Waals surface area contributed by atoms with E-state index >= 15 is 0 Å². The molecule has 10 heteroatoms. The highest BCUT2D eigenvalue weighted by Crippen LogP contribution is 2.28. The minimum Gasteiger partial charge on any atom is -0.335 e. The maximum Gasteiger partial charge on any atom is 0.265 e. The number of nitrogens with zero attached hydrogens (tertiary/aromatic N) is 2. The molecule has 0 bridgehead atoms. The predicted octanol–water partition coefficient (Wildman–Crippen LogP) is 0.953. The molecule has 3 rings (SSSR count). The van der Waals surface area contributed by atoms with Gasteiger partial charge in [0, 0.05) is 50.8 Å². The van der Waals surface area contributed by atoms with Crippen molar-refractivity contribution < 1.29 is 13.2 Å². The Morgan fingerprint density at radius 2 is 1.78 bits per heavy atom. The molecule has 6 nitrogen and oxygen atoms in total. The summed E-state index contributed by atoms with van der Waals surface area (Å²) < 4.78 is 27.1. The fourth-order valence-electron chi connectivity index (χ4n) is 2.59. The van der Waals surface area contributed by atoms with E-state index in [4.69, 9.17) is 0 Å². The van der Waals surface area contributed by atoms with Crippen LogP contribution in [0, 0.1) is 0 Å². The van der Waals surface area contributed by atoms with Crippen molar-refractivity contribution in [1.29, 1.82) is 0 Å². The van der Waals surface area contributed by atoms with E-state index in [-0.39, 0.29) is 23.2 Å². The number of halogens is 1. The molecule has 0 radical (unpaired) electrons. The number of carbonyl (C=O) groups excluding carboxylic acids is 1. The van der Waals surface area contributed by atoms with Gasteiger partial charge in [0.25, 0.3) is 5.91 Å². The zero-order valence-electron chi connectivity index (χ0n) is 12.6. The van der Waals surface area contributed by atoms with Gasteiger partial charge in [-0.15, -0.1) is 23.7 Å². The molecule has 1 amide bonds. The van der Waals surface area contributed by atoms with Crippen LogP contribution in [0.1, 0.15) is 9.67 Å². The van der Waals surface area contributed by atoms with Gasteiger partial charge in [-0.05, 0) is 11.4 Å². The Bertz CT molecular complexity index is 638. The van der Waals surface area contributed by atoms with Crippen LogP contribution in [0.25, 0.3) is 0 Å². The van der Waals surface area contributed by atoms with Crippen molar-refractivity contribution in [1.82, 2.24) is 14.5 Å². The second-order valence-electron chi connectivity index (χ2n) is 5.17. The minimum absolute atomic E-state index is 0. The van der Waals surface area contributed by atoms with E-state index in [1.807, 2.05) is 0 Å². The summed E-state index contributed by atoms with van der Waals surface area (Å²) in [6.07, 6.45) is 0. The molecular formula is C13H20ClN3O3S3. The lowest BCUT2D eigenvalue weighted by molar-refractivity contribution is 0.0737. The van der Waals surface area contributed by atoms with E-state index in [1.54, 1.807) is 28.1 Å². The molecule has 2 fully saturated rings. The third-order valence-electron chi connectivity index (χ3n) is 3.82. The van der Waals surface area contributed by atoms with Crippen LogP contribution >= 0.6 is 35.5 Å². The highest BCUT2D eigenvalue weighted by Gasteiger charge is 2.32. The molecule has 23 heavy (non-hydrogen) atoms. The summed E-state index contributed by atoms with van der Waals surface area (Å²) >= 11 is 2.98. The van der Waals surface area contributed by atoms with E-state index in [2.05, 4.69) is 5.32 Å². The summed E-state index contributed by atoms with van der Waals surface area (Å²) in [5.41, 5.74) is 0. The second-order valence-corrected chi connectivity index (χ2v) is 9.22. The zero-order chi connectivity index (χ0) is 15.6. The Balaban J connectivity index is 0.00000192. The average Bonchev–Trinajstić information content (AvgIpc) is 3.06. The number of nitrogens with one attached hydrogen (secondary N) is 1. The fourth-order valence-corrected chi connectivity index (χ4v) is 6.53. The minimum atomic E-state index is -3.57. The number of thiophene rings is 1. The largest absolute Gasteiger partial charge is 0.335 e. The highest BCUT2D eigenvalue weighted by atomic mass is 35.5. The van der Waals surface area contributed by atoms with Crippen LogP contribution in [0.4, 0.5) is 0 Å². The first-order valence-electron chi connectivity index (χ1n) is 7.26. The first-order chi connectivity index (χ1) is 10.6. The van der Waals surface area contributed by atoms with Crippen LogP contribution in [0.5, 0.6) is 0 Å². The van der Waals surface area contributed by atoms with Gasteiger partial charge in [0.05, 0.1) is 0 Å². The third kappa shape index (κ3) is 4.02. The molecule has 1 aromatic heterocycles. The van der Waals surface area contributed by atoms with Crippen molar-refractivity contribution in [2.45, 2.75) is 4.90 Å². The van der Waals surface area contributed by atoms with E-state index in [0.29, 0.717) is 31.1 Å². The number of thioether (sulfide) groups is 1. The number of piperazine rings is 1. The van der Waals surface area contributed by atoms with Crippen molar-refractivity contribution in [3.05, 3.63) is 16.3 Å². The summed E-state index contributed by atoms with van der Waals surface area (Å²) in [6, 6.07) is 1.57. The van der Waals surface area contributed by atoms with Gasteiger partial charge in [-0.1, -0.05) is 0 Å². The van der Waals surface area contributed by atoms with Crippen molar-refractivity contribution >= 4 is 51.4 Å². The van der Waals surface area contributed by atoms with Crippen molar-refractivity contribution in [3.63, 3.8) is 0 Å². The molecule has 0 aromatic carbocycles. The Morgan fingerprint density at radius 1 is 1.13 bits per heavy atom. The molecule has 2 aliphatic heterocycles. The maximum atomic E-state index is 12.8. The standard InChI is InChI=1S/C13H19N3O3S3.ClH/c17-13(15-4-2-14-3-5-15)12-11(1-8-21-12)22(18,19)16-6-9-20-10-7-16;/h1,8,14H,2-7,9-10H2;1H. The number of hydrogen-bond donors (Lipinski definition) is 1. The highest BCUT2D eigenvalue weighted by molar-refractivity contribution is 7.99. The fraction of sp³-hybridized carbons (Fsp3) is 0.615. The van der Waals surface area contributed by atoms with Crippen LogP contribution in [0.3, 0.4) is 0 Å². The molecule has 0 aliphatic carbocycles. The lowest BCUT2D eigenvalue weighted by Gasteiger charge is -2.28. The van der Waals surface area contributed by atoms with Crippen LogP contribution in [0.2, 0.25) is 0 Å². The smallest absolute Gasteiger partial charge is 0.265 e. The van der Waals surface area contributed by atoms with Gasteiger partial charge in [0.1, 0.15) is 9.77 Å². The van der Waals surface area contributed by atoms with Crippen LogP contribution in [-0.4, -0.2) is 74.3 Å². The quantitative estimate of drug-likeness (QED) is 0.822. The van der Waals surface area contributed by atoms with Crippen LogP contribution in [0.15, 0.2) is 16.3 Å². The first-order valence-corrected chi connectivity index (χ1v) is 10.7. The molecule has 2 aliphatic rings. The first kappa shape index (κ1) is 19.0. The molecule has 2 saturated heterocycles. The maximum absolute atomic E-state index is 12.8. The van der Waals surface area contributed by atoms with Crippen molar-refractivity contribution in [2.24, 2.45) is 0 Å². The second kappa shape index (κ2) is 8.17. The SMILES string of the molecule is Cl.O=C(c1sccc1S(=O)(=O)N1CCSCC1)N1CCNCC1. The van der Waals surface area contributed by atoms with Gasteiger partial charge in [0.15, 0.2) is 0 Å². The van der Waals surface area contributed by atoms with Crippen LogP contribution in [-0.2, 0) is 10.0 Å². The summed E-state index contributed by atoms with van der Waals surface area (Å²) in [4.78, 5) is 14.9. The van der Waals surface area contributed by atoms with Crippen LogP contribution < -0.4 is 5.32 Å². The molecule has 1 aromatic rings. The molecule has 0 unspecified atom stereocenters. The van der Waals surface area contributed by atoms with E-state index < -0.39 is 10.0 Å². The summed E-state index contributed by atoms with van der Waals surface area (Å²) in [5.74, 6) is 1.45. The zero-order valence-corrected chi connectivity index (χ0v) is 15.8. The Kier molecular flexibility index (Phi) is 6.76.